The summed E-state index contributed by atoms with van der Waals surface area (Å²) in [6.07, 6.45) is 6.33. The van der Waals surface area contributed by atoms with Gasteiger partial charge >= 0.3 is 0 Å². The van der Waals surface area contributed by atoms with E-state index in [0.29, 0.717) is 11.7 Å². The summed E-state index contributed by atoms with van der Waals surface area (Å²) in [4.78, 5) is 18.3. The summed E-state index contributed by atoms with van der Waals surface area (Å²) in [5, 5.41) is 0. The molecular weight excluding hydrogens is 292 g/mol. The highest BCUT2D eigenvalue weighted by Gasteiger charge is 2.25. The predicted octanol–water partition coefficient (Wildman–Crippen LogP) is 3.49. The predicted molar refractivity (Wildman–Crippen MR) is 75.5 cm³/mol. The molecule has 0 aromatic carbocycles. The van der Waals surface area contributed by atoms with Crippen LogP contribution in [-0.4, -0.2) is 28.9 Å². The first-order valence-corrected chi connectivity index (χ1v) is 7.26. The van der Waals surface area contributed by atoms with Crippen molar-refractivity contribution < 1.29 is 4.79 Å². The number of aromatic nitrogens is 1. The molecule has 1 amide bonds. The number of nitrogens with zero attached hydrogens (tertiary/aromatic N) is 2. The van der Waals surface area contributed by atoms with E-state index in [0.717, 1.165) is 23.2 Å². The molecule has 1 aromatic rings. The minimum absolute atomic E-state index is 0.0297. The fourth-order valence-corrected chi connectivity index (χ4v) is 2.71. The molecular formula is C14H19BrN2O. The summed E-state index contributed by atoms with van der Waals surface area (Å²) >= 11 is 3.33. The third-order valence-corrected chi connectivity index (χ3v) is 4.27. The maximum atomic E-state index is 12.3. The zero-order valence-electron chi connectivity index (χ0n) is 10.9. The zero-order valence-corrected chi connectivity index (χ0v) is 12.5. The van der Waals surface area contributed by atoms with Gasteiger partial charge in [0.05, 0.1) is 0 Å². The molecule has 1 fully saturated rings. The van der Waals surface area contributed by atoms with E-state index in [2.05, 4.69) is 27.8 Å². The summed E-state index contributed by atoms with van der Waals surface area (Å²) in [5.41, 5.74) is 0.527. The number of carbonyl (C=O) groups excluding carboxylic acids is 1. The molecule has 0 bridgehead atoms. The molecule has 0 saturated heterocycles. The van der Waals surface area contributed by atoms with Gasteiger partial charge in [-0.05, 0) is 59.7 Å². The smallest absolute Gasteiger partial charge is 0.272 e. The SMILES string of the molecule is CC1CCC(N(C)C(=O)c2ccc(Br)cn2)CC1. The maximum Gasteiger partial charge on any atom is 0.272 e. The van der Waals surface area contributed by atoms with Crippen molar-refractivity contribution in [2.75, 3.05) is 7.05 Å². The highest BCUT2D eigenvalue weighted by Crippen LogP contribution is 2.27. The van der Waals surface area contributed by atoms with Gasteiger partial charge in [0, 0.05) is 23.8 Å². The summed E-state index contributed by atoms with van der Waals surface area (Å²) in [7, 11) is 1.90. The van der Waals surface area contributed by atoms with Crippen LogP contribution in [0.2, 0.25) is 0 Å². The summed E-state index contributed by atoms with van der Waals surface area (Å²) in [5.74, 6) is 0.831. The fraction of sp³-hybridized carbons (Fsp3) is 0.571. The van der Waals surface area contributed by atoms with Crippen LogP contribution in [0.5, 0.6) is 0 Å². The minimum Gasteiger partial charge on any atom is -0.337 e. The molecule has 1 aliphatic carbocycles. The normalized spacial score (nSPS) is 23.7. The molecule has 0 spiro atoms. The van der Waals surface area contributed by atoms with Crippen LogP contribution in [-0.2, 0) is 0 Å². The van der Waals surface area contributed by atoms with E-state index in [9.17, 15) is 4.79 Å². The quantitative estimate of drug-likeness (QED) is 0.837. The maximum absolute atomic E-state index is 12.3. The molecule has 0 unspecified atom stereocenters. The van der Waals surface area contributed by atoms with Crippen LogP contribution in [0.3, 0.4) is 0 Å². The molecule has 3 nitrogen and oxygen atoms in total. The Kier molecular flexibility index (Phi) is 4.38. The Hall–Kier alpha value is -0.900. The highest BCUT2D eigenvalue weighted by atomic mass is 79.9. The van der Waals surface area contributed by atoms with E-state index in [1.54, 1.807) is 12.3 Å². The lowest BCUT2D eigenvalue weighted by molar-refractivity contribution is 0.0673. The van der Waals surface area contributed by atoms with Gasteiger partial charge < -0.3 is 4.90 Å². The lowest BCUT2D eigenvalue weighted by Gasteiger charge is -2.33. The van der Waals surface area contributed by atoms with Crippen molar-refractivity contribution in [3.63, 3.8) is 0 Å². The zero-order chi connectivity index (χ0) is 13.1. The number of hydrogen-bond donors (Lipinski definition) is 0. The van der Waals surface area contributed by atoms with Gasteiger partial charge in [-0.15, -0.1) is 0 Å². The average Bonchev–Trinajstić information content (AvgIpc) is 2.39. The lowest BCUT2D eigenvalue weighted by atomic mass is 9.86. The molecule has 0 N–H and O–H groups in total. The van der Waals surface area contributed by atoms with Gasteiger partial charge in [0.1, 0.15) is 5.69 Å². The fourth-order valence-electron chi connectivity index (χ4n) is 2.48. The van der Waals surface area contributed by atoms with Crippen LogP contribution in [0, 0.1) is 5.92 Å². The van der Waals surface area contributed by atoms with Crippen molar-refractivity contribution in [1.29, 1.82) is 0 Å². The Morgan fingerprint density at radius 1 is 1.33 bits per heavy atom. The van der Waals surface area contributed by atoms with Crippen LogP contribution in [0.4, 0.5) is 0 Å². The monoisotopic (exact) mass is 310 g/mol. The largest absolute Gasteiger partial charge is 0.337 e. The number of halogens is 1. The van der Waals surface area contributed by atoms with Crippen LogP contribution >= 0.6 is 15.9 Å². The first-order chi connectivity index (χ1) is 8.58. The topological polar surface area (TPSA) is 33.2 Å². The minimum atomic E-state index is 0.0297. The number of carbonyl (C=O) groups is 1. The van der Waals surface area contributed by atoms with Crippen LogP contribution < -0.4 is 0 Å². The molecule has 1 heterocycles. The summed E-state index contributed by atoms with van der Waals surface area (Å²) < 4.78 is 0.896. The summed E-state index contributed by atoms with van der Waals surface area (Å²) in [6.45, 7) is 2.29. The standard InChI is InChI=1S/C14H19BrN2O/c1-10-3-6-12(7-4-10)17(2)14(18)13-8-5-11(15)9-16-13/h5,8-10,12H,3-4,6-7H2,1-2H3. The van der Waals surface area contributed by atoms with Crippen molar-refractivity contribution in [2.24, 2.45) is 5.92 Å². The first kappa shape index (κ1) is 13.5. The first-order valence-electron chi connectivity index (χ1n) is 6.46. The Balaban J connectivity index is 2.02. The van der Waals surface area contributed by atoms with Gasteiger partial charge in [0.15, 0.2) is 0 Å². The molecule has 18 heavy (non-hydrogen) atoms. The van der Waals surface area contributed by atoms with E-state index in [-0.39, 0.29) is 5.91 Å². The lowest BCUT2D eigenvalue weighted by Crippen LogP contribution is -2.39. The molecule has 98 valence electrons. The molecule has 4 heteroatoms. The Morgan fingerprint density at radius 3 is 2.56 bits per heavy atom. The van der Waals surface area contributed by atoms with Crippen molar-refractivity contribution in [3.8, 4) is 0 Å². The van der Waals surface area contributed by atoms with Gasteiger partial charge in [-0.1, -0.05) is 6.92 Å². The third-order valence-electron chi connectivity index (χ3n) is 3.80. The molecule has 0 aliphatic heterocycles. The van der Waals surface area contributed by atoms with Gasteiger partial charge in [0.25, 0.3) is 5.91 Å². The second kappa shape index (κ2) is 5.83. The number of rotatable bonds is 2. The number of pyridine rings is 1. The Bertz CT molecular complexity index is 410. The average molecular weight is 311 g/mol. The molecule has 0 atom stereocenters. The number of amides is 1. The van der Waals surface area contributed by atoms with E-state index in [1.807, 2.05) is 18.0 Å². The van der Waals surface area contributed by atoms with Gasteiger partial charge in [-0.25, -0.2) is 4.98 Å². The molecule has 1 saturated carbocycles. The van der Waals surface area contributed by atoms with Crippen LogP contribution in [0.25, 0.3) is 0 Å². The van der Waals surface area contributed by atoms with Crippen molar-refractivity contribution in [1.82, 2.24) is 9.88 Å². The molecule has 2 rings (SSSR count). The van der Waals surface area contributed by atoms with Crippen molar-refractivity contribution in [2.45, 2.75) is 38.6 Å². The van der Waals surface area contributed by atoms with E-state index >= 15 is 0 Å². The van der Waals surface area contributed by atoms with Gasteiger partial charge in [-0.2, -0.15) is 0 Å². The second-order valence-corrected chi connectivity index (χ2v) is 6.11. The molecule has 1 aliphatic rings. The Labute approximate surface area is 117 Å². The van der Waals surface area contributed by atoms with E-state index in [1.165, 1.54) is 12.8 Å². The van der Waals surface area contributed by atoms with Crippen LogP contribution in [0.15, 0.2) is 22.8 Å². The van der Waals surface area contributed by atoms with Crippen LogP contribution in [0.1, 0.15) is 43.1 Å². The van der Waals surface area contributed by atoms with Gasteiger partial charge in [0.2, 0.25) is 0 Å². The van der Waals surface area contributed by atoms with E-state index in [4.69, 9.17) is 0 Å². The summed E-state index contributed by atoms with van der Waals surface area (Å²) in [6, 6.07) is 4.00. The molecule has 1 aromatic heterocycles. The Morgan fingerprint density at radius 2 is 2.00 bits per heavy atom. The van der Waals surface area contributed by atoms with Gasteiger partial charge in [-0.3, -0.25) is 4.79 Å². The second-order valence-electron chi connectivity index (χ2n) is 5.19. The third kappa shape index (κ3) is 3.10. The van der Waals surface area contributed by atoms with Crippen molar-refractivity contribution in [3.05, 3.63) is 28.5 Å². The molecule has 0 radical (unpaired) electrons. The number of hydrogen-bond acceptors (Lipinski definition) is 2. The van der Waals surface area contributed by atoms with Crippen molar-refractivity contribution >= 4 is 21.8 Å². The highest BCUT2D eigenvalue weighted by molar-refractivity contribution is 9.10. The van der Waals surface area contributed by atoms with E-state index < -0.39 is 0 Å².